The molecule has 10 heteroatoms. The van der Waals surface area contributed by atoms with Crippen molar-refractivity contribution in [2.45, 2.75) is 18.4 Å². The maximum Gasteiger partial charge on any atom is 0.296 e. The Hall–Kier alpha value is -3.63. The maximum atomic E-state index is 13.0. The number of nitrogens with zero attached hydrogens (tertiary/aromatic N) is 3. The monoisotopic (exact) mass is 496 g/mol. The average molecular weight is 497 g/mol. The molecule has 0 aliphatic rings. The van der Waals surface area contributed by atoms with Crippen molar-refractivity contribution in [3.8, 4) is 5.69 Å². The number of thiophene rings is 1. The van der Waals surface area contributed by atoms with Crippen LogP contribution in [0.25, 0.3) is 5.69 Å². The number of benzene rings is 2. The van der Waals surface area contributed by atoms with Crippen molar-refractivity contribution in [3.63, 3.8) is 0 Å². The van der Waals surface area contributed by atoms with E-state index < -0.39 is 15.6 Å². The Kier molecular flexibility index (Phi) is 6.45. The van der Waals surface area contributed by atoms with E-state index in [1.165, 1.54) is 28.9 Å². The van der Waals surface area contributed by atoms with E-state index in [2.05, 4.69) is 4.72 Å². The lowest BCUT2D eigenvalue weighted by molar-refractivity contribution is 0.0786. The van der Waals surface area contributed by atoms with Crippen molar-refractivity contribution in [2.24, 2.45) is 7.05 Å². The lowest BCUT2D eigenvalue weighted by atomic mass is 10.2. The first-order valence-corrected chi connectivity index (χ1v) is 12.8. The van der Waals surface area contributed by atoms with Crippen LogP contribution in [0.3, 0.4) is 0 Å². The molecule has 2 aromatic carbocycles. The van der Waals surface area contributed by atoms with Crippen LogP contribution in [0.1, 0.15) is 20.9 Å². The Balaban J connectivity index is 1.57. The number of nitrogens with one attached hydrogen (secondary N) is 1. The Labute approximate surface area is 201 Å². The quantitative estimate of drug-likeness (QED) is 0.423. The molecule has 0 aliphatic carbocycles. The number of amides is 1. The summed E-state index contributed by atoms with van der Waals surface area (Å²) in [5.74, 6) is -0.213. The highest BCUT2D eigenvalue weighted by Crippen LogP contribution is 2.20. The molecule has 0 saturated heterocycles. The third kappa shape index (κ3) is 4.55. The van der Waals surface area contributed by atoms with E-state index in [0.29, 0.717) is 23.5 Å². The summed E-state index contributed by atoms with van der Waals surface area (Å²) in [6.45, 7) is 2.14. The summed E-state index contributed by atoms with van der Waals surface area (Å²) >= 11 is 1.56. The molecule has 0 radical (unpaired) electrons. The number of carbonyl (C=O) groups excluding carboxylic acids is 1. The molecule has 0 bridgehead atoms. The maximum absolute atomic E-state index is 13.0. The highest BCUT2D eigenvalue weighted by Gasteiger charge is 2.23. The minimum absolute atomic E-state index is 0.0258. The number of hydrogen-bond acceptors (Lipinski definition) is 5. The van der Waals surface area contributed by atoms with E-state index >= 15 is 0 Å². The largest absolute Gasteiger partial charge is 0.337 e. The number of anilines is 1. The van der Waals surface area contributed by atoms with Gasteiger partial charge in [0.2, 0.25) is 0 Å². The van der Waals surface area contributed by atoms with Crippen molar-refractivity contribution < 1.29 is 13.2 Å². The summed E-state index contributed by atoms with van der Waals surface area (Å²) in [5, 5.41) is 1.95. The summed E-state index contributed by atoms with van der Waals surface area (Å²) in [4.78, 5) is 28.3. The summed E-state index contributed by atoms with van der Waals surface area (Å²) < 4.78 is 31.5. The van der Waals surface area contributed by atoms with Gasteiger partial charge in [0.05, 0.1) is 22.8 Å². The molecule has 0 unspecified atom stereocenters. The molecule has 2 heterocycles. The zero-order valence-electron chi connectivity index (χ0n) is 18.9. The van der Waals surface area contributed by atoms with Crippen LogP contribution in [-0.4, -0.2) is 35.6 Å². The third-order valence-electron chi connectivity index (χ3n) is 5.52. The summed E-state index contributed by atoms with van der Waals surface area (Å²) in [6.07, 6.45) is 0. The number of rotatable bonds is 7. The zero-order valence-corrected chi connectivity index (χ0v) is 20.6. The van der Waals surface area contributed by atoms with Gasteiger partial charge in [0, 0.05) is 24.5 Å². The van der Waals surface area contributed by atoms with E-state index in [1.54, 1.807) is 66.2 Å². The molecule has 8 nitrogen and oxygen atoms in total. The molecule has 4 rings (SSSR count). The van der Waals surface area contributed by atoms with Crippen LogP contribution in [0, 0.1) is 6.92 Å². The van der Waals surface area contributed by atoms with Gasteiger partial charge in [-0.05, 0) is 54.8 Å². The van der Waals surface area contributed by atoms with Gasteiger partial charge < -0.3 is 4.90 Å². The second-order valence-electron chi connectivity index (χ2n) is 7.81. The molecule has 34 heavy (non-hydrogen) atoms. The highest BCUT2D eigenvalue weighted by molar-refractivity contribution is 7.92. The average Bonchev–Trinajstić information content (AvgIpc) is 3.41. The van der Waals surface area contributed by atoms with Crippen LogP contribution in [0.4, 0.5) is 5.69 Å². The van der Waals surface area contributed by atoms with E-state index in [1.807, 2.05) is 23.6 Å². The fourth-order valence-electron chi connectivity index (χ4n) is 3.58. The molecule has 0 atom stereocenters. The van der Waals surface area contributed by atoms with Crippen LogP contribution in [-0.2, 0) is 23.6 Å². The molecular weight excluding hydrogens is 472 g/mol. The van der Waals surface area contributed by atoms with E-state index in [4.69, 9.17) is 0 Å². The first-order valence-electron chi connectivity index (χ1n) is 10.4. The van der Waals surface area contributed by atoms with Gasteiger partial charge in [0.1, 0.15) is 5.69 Å². The minimum atomic E-state index is -4.05. The standard InChI is InChI=1S/C24H24N4O4S2/c1-17-22(24(30)28(27(17)3)19-8-5-4-6-9-19)25-34(31,32)21-13-11-18(12-14-21)23(29)26(2)16-20-10-7-15-33-20/h4-15,25H,16H2,1-3H3. The van der Waals surface area contributed by atoms with Gasteiger partial charge >= 0.3 is 0 Å². The van der Waals surface area contributed by atoms with Gasteiger partial charge in [-0.3, -0.25) is 19.0 Å². The van der Waals surface area contributed by atoms with Crippen LogP contribution in [0.15, 0.2) is 81.8 Å². The topological polar surface area (TPSA) is 93.4 Å². The Morgan fingerprint density at radius 2 is 1.71 bits per heavy atom. The molecule has 2 aromatic heterocycles. The summed E-state index contributed by atoms with van der Waals surface area (Å²) in [7, 11) is -0.660. The first kappa shape index (κ1) is 23.5. The van der Waals surface area contributed by atoms with E-state index in [-0.39, 0.29) is 16.5 Å². The molecule has 176 valence electrons. The van der Waals surface area contributed by atoms with Gasteiger partial charge in [-0.1, -0.05) is 24.3 Å². The van der Waals surface area contributed by atoms with Crippen molar-refractivity contribution in [2.75, 3.05) is 11.8 Å². The molecule has 1 amide bonds. The molecule has 0 spiro atoms. The normalized spacial score (nSPS) is 11.4. The van der Waals surface area contributed by atoms with Crippen molar-refractivity contribution in [3.05, 3.63) is 98.6 Å². The van der Waals surface area contributed by atoms with Gasteiger partial charge in [0.15, 0.2) is 0 Å². The minimum Gasteiger partial charge on any atom is -0.337 e. The Morgan fingerprint density at radius 1 is 1.03 bits per heavy atom. The lowest BCUT2D eigenvalue weighted by Gasteiger charge is -2.16. The fourth-order valence-corrected chi connectivity index (χ4v) is 5.46. The fraction of sp³-hybridized carbons (Fsp3) is 0.167. The first-order chi connectivity index (χ1) is 16.2. The van der Waals surface area contributed by atoms with Crippen LogP contribution >= 0.6 is 11.3 Å². The molecule has 0 saturated carbocycles. The van der Waals surface area contributed by atoms with Crippen LogP contribution in [0.2, 0.25) is 0 Å². The molecule has 1 N–H and O–H groups in total. The van der Waals surface area contributed by atoms with Crippen molar-refractivity contribution in [1.82, 2.24) is 14.3 Å². The SMILES string of the molecule is Cc1c(NS(=O)(=O)c2ccc(C(=O)N(C)Cc3cccs3)cc2)c(=O)n(-c2ccccc2)n1C. The molecule has 4 aromatic rings. The number of para-hydroxylation sites is 1. The van der Waals surface area contributed by atoms with E-state index in [0.717, 1.165) is 4.88 Å². The molecule has 0 fully saturated rings. The van der Waals surface area contributed by atoms with E-state index in [9.17, 15) is 18.0 Å². The number of aromatic nitrogens is 2. The predicted octanol–water partition coefficient (Wildman–Crippen LogP) is 3.62. The smallest absolute Gasteiger partial charge is 0.296 e. The van der Waals surface area contributed by atoms with Crippen LogP contribution in [0.5, 0.6) is 0 Å². The lowest BCUT2D eigenvalue weighted by Crippen LogP contribution is -2.26. The summed E-state index contributed by atoms with van der Waals surface area (Å²) in [6, 6.07) is 18.5. The Morgan fingerprint density at radius 3 is 2.32 bits per heavy atom. The summed E-state index contributed by atoms with van der Waals surface area (Å²) in [5.41, 5.74) is 0.969. The number of hydrogen-bond donors (Lipinski definition) is 1. The van der Waals surface area contributed by atoms with Crippen molar-refractivity contribution in [1.29, 1.82) is 0 Å². The van der Waals surface area contributed by atoms with Crippen LogP contribution < -0.4 is 10.3 Å². The van der Waals surface area contributed by atoms with Gasteiger partial charge in [-0.25, -0.2) is 13.1 Å². The molecular formula is C24H24N4O4S2. The van der Waals surface area contributed by atoms with Gasteiger partial charge in [-0.15, -0.1) is 11.3 Å². The zero-order chi connectivity index (χ0) is 24.5. The number of sulfonamides is 1. The van der Waals surface area contributed by atoms with Gasteiger partial charge in [0.25, 0.3) is 21.5 Å². The van der Waals surface area contributed by atoms with Gasteiger partial charge in [-0.2, -0.15) is 0 Å². The van der Waals surface area contributed by atoms with Crippen molar-refractivity contribution >= 4 is 33.0 Å². The Bertz CT molecular complexity index is 1470. The second kappa shape index (κ2) is 9.32. The predicted molar refractivity (Wildman–Crippen MR) is 133 cm³/mol. The number of carbonyl (C=O) groups is 1. The highest BCUT2D eigenvalue weighted by atomic mass is 32.2. The third-order valence-corrected chi connectivity index (χ3v) is 7.75. The molecule has 0 aliphatic heterocycles. The second-order valence-corrected chi connectivity index (χ2v) is 10.5.